The number of aryl methyl sites for hydroxylation is 1. The average molecular weight is 282 g/mol. The summed E-state index contributed by atoms with van der Waals surface area (Å²) in [5.74, 6) is 1.47. The Morgan fingerprint density at radius 2 is 2.14 bits per heavy atom. The van der Waals surface area contributed by atoms with E-state index in [1.165, 1.54) is 6.07 Å². The fraction of sp³-hybridized carbons (Fsp3) is 0.250. The van der Waals surface area contributed by atoms with E-state index in [0.29, 0.717) is 6.54 Å². The lowest BCUT2D eigenvalue weighted by molar-refractivity contribution is 0.587. The molecule has 0 saturated carbocycles. The smallest absolute Gasteiger partial charge is 0.143 e. The van der Waals surface area contributed by atoms with Gasteiger partial charge in [0.15, 0.2) is 0 Å². The van der Waals surface area contributed by atoms with E-state index in [1.807, 2.05) is 25.3 Å². The SMILES string of the molecule is Cc1nc(N2CCc3cccc(F)c3C2)c2cc[nH]c2n1. The lowest BCUT2D eigenvalue weighted by Crippen LogP contribution is -2.32. The minimum Gasteiger partial charge on any atom is -0.351 e. The van der Waals surface area contributed by atoms with Gasteiger partial charge >= 0.3 is 0 Å². The van der Waals surface area contributed by atoms with Crippen LogP contribution in [0.2, 0.25) is 0 Å². The topological polar surface area (TPSA) is 44.8 Å². The summed E-state index contributed by atoms with van der Waals surface area (Å²) in [6, 6.07) is 7.29. The zero-order valence-electron chi connectivity index (χ0n) is 11.7. The van der Waals surface area contributed by atoms with Crippen LogP contribution in [-0.4, -0.2) is 21.5 Å². The van der Waals surface area contributed by atoms with Crippen LogP contribution in [0.4, 0.5) is 10.2 Å². The van der Waals surface area contributed by atoms with E-state index < -0.39 is 0 Å². The van der Waals surface area contributed by atoms with Crippen LogP contribution in [-0.2, 0) is 13.0 Å². The van der Waals surface area contributed by atoms with Gasteiger partial charge in [-0.3, -0.25) is 0 Å². The van der Waals surface area contributed by atoms with Crippen LogP contribution in [0.3, 0.4) is 0 Å². The molecule has 0 unspecified atom stereocenters. The highest BCUT2D eigenvalue weighted by Gasteiger charge is 2.22. The van der Waals surface area contributed by atoms with E-state index in [0.717, 1.165) is 46.8 Å². The second-order valence-corrected chi connectivity index (χ2v) is 5.38. The Labute approximate surface area is 121 Å². The van der Waals surface area contributed by atoms with E-state index in [-0.39, 0.29) is 5.82 Å². The molecular weight excluding hydrogens is 267 g/mol. The number of benzene rings is 1. The summed E-state index contributed by atoms with van der Waals surface area (Å²) >= 11 is 0. The third-order valence-electron chi connectivity index (χ3n) is 4.02. The van der Waals surface area contributed by atoms with Crippen LogP contribution in [0.25, 0.3) is 11.0 Å². The van der Waals surface area contributed by atoms with E-state index in [4.69, 9.17) is 0 Å². The Morgan fingerprint density at radius 3 is 3.05 bits per heavy atom. The first-order valence-electron chi connectivity index (χ1n) is 7.05. The van der Waals surface area contributed by atoms with Crippen molar-refractivity contribution in [2.24, 2.45) is 0 Å². The molecule has 0 amide bonds. The van der Waals surface area contributed by atoms with Crippen LogP contribution < -0.4 is 4.90 Å². The summed E-state index contributed by atoms with van der Waals surface area (Å²) in [6.07, 6.45) is 2.70. The largest absolute Gasteiger partial charge is 0.351 e. The van der Waals surface area contributed by atoms with Crippen molar-refractivity contribution in [1.82, 2.24) is 15.0 Å². The van der Waals surface area contributed by atoms with Crippen LogP contribution in [0.5, 0.6) is 0 Å². The summed E-state index contributed by atoms with van der Waals surface area (Å²) < 4.78 is 14.0. The molecule has 0 fully saturated rings. The Bertz CT molecular complexity index is 824. The molecular formula is C16H15FN4. The lowest BCUT2D eigenvalue weighted by Gasteiger charge is -2.30. The zero-order chi connectivity index (χ0) is 14.4. The second kappa shape index (κ2) is 4.55. The molecule has 4 rings (SSSR count). The predicted molar refractivity (Wildman–Crippen MR) is 79.8 cm³/mol. The Hall–Kier alpha value is -2.43. The van der Waals surface area contributed by atoms with Gasteiger partial charge in [0, 0.05) is 24.8 Å². The number of nitrogens with one attached hydrogen (secondary N) is 1. The maximum Gasteiger partial charge on any atom is 0.143 e. The molecule has 4 nitrogen and oxygen atoms in total. The van der Waals surface area contributed by atoms with E-state index in [1.54, 1.807) is 6.07 Å². The van der Waals surface area contributed by atoms with Crippen molar-refractivity contribution in [3.05, 3.63) is 53.2 Å². The molecule has 0 saturated heterocycles. The van der Waals surface area contributed by atoms with E-state index >= 15 is 0 Å². The summed E-state index contributed by atoms with van der Waals surface area (Å²) in [6.45, 7) is 3.27. The molecule has 5 heteroatoms. The zero-order valence-corrected chi connectivity index (χ0v) is 11.7. The molecule has 0 aliphatic carbocycles. The molecule has 3 aromatic rings. The number of anilines is 1. The highest BCUT2D eigenvalue weighted by atomic mass is 19.1. The van der Waals surface area contributed by atoms with Gasteiger partial charge in [0.2, 0.25) is 0 Å². The molecule has 1 aliphatic rings. The molecule has 0 spiro atoms. The summed E-state index contributed by atoms with van der Waals surface area (Å²) in [5.41, 5.74) is 2.71. The summed E-state index contributed by atoms with van der Waals surface area (Å²) in [4.78, 5) is 14.2. The first-order valence-corrected chi connectivity index (χ1v) is 7.05. The number of hydrogen-bond donors (Lipinski definition) is 1. The van der Waals surface area contributed by atoms with Gasteiger partial charge in [-0.2, -0.15) is 0 Å². The summed E-state index contributed by atoms with van der Waals surface area (Å²) in [5, 5.41) is 0.986. The van der Waals surface area contributed by atoms with Crippen molar-refractivity contribution in [3.8, 4) is 0 Å². The molecule has 1 aromatic carbocycles. The van der Waals surface area contributed by atoms with Crippen molar-refractivity contribution in [2.45, 2.75) is 19.9 Å². The summed E-state index contributed by atoms with van der Waals surface area (Å²) in [7, 11) is 0. The lowest BCUT2D eigenvalue weighted by atomic mass is 9.99. The van der Waals surface area contributed by atoms with Crippen LogP contribution in [0, 0.1) is 12.7 Å². The molecule has 2 aromatic heterocycles. The number of rotatable bonds is 1. The van der Waals surface area contributed by atoms with Crippen molar-refractivity contribution >= 4 is 16.9 Å². The highest BCUT2D eigenvalue weighted by Crippen LogP contribution is 2.29. The van der Waals surface area contributed by atoms with Crippen molar-refractivity contribution < 1.29 is 4.39 Å². The molecule has 21 heavy (non-hydrogen) atoms. The minimum atomic E-state index is -0.131. The molecule has 0 bridgehead atoms. The average Bonchev–Trinajstić information content (AvgIpc) is 2.94. The second-order valence-electron chi connectivity index (χ2n) is 5.38. The highest BCUT2D eigenvalue weighted by molar-refractivity contribution is 5.87. The maximum absolute atomic E-state index is 14.0. The normalized spacial score (nSPS) is 14.5. The third kappa shape index (κ3) is 1.96. The number of aromatic nitrogens is 3. The van der Waals surface area contributed by atoms with E-state index in [2.05, 4.69) is 19.9 Å². The molecule has 3 heterocycles. The van der Waals surface area contributed by atoms with Gasteiger partial charge in [-0.1, -0.05) is 12.1 Å². The molecule has 1 aliphatic heterocycles. The number of H-pyrrole nitrogens is 1. The van der Waals surface area contributed by atoms with Crippen LogP contribution in [0.1, 0.15) is 17.0 Å². The number of hydrogen-bond acceptors (Lipinski definition) is 3. The predicted octanol–water partition coefficient (Wildman–Crippen LogP) is 2.97. The number of nitrogens with zero attached hydrogens (tertiary/aromatic N) is 3. The molecule has 1 N–H and O–H groups in total. The van der Waals surface area contributed by atoms with E-state index in [9.17, 15) is 4.39 Å². The number of halogens is 1. The van der Waals surface area contributed by atoms with Crippen molar-refractivity contribution in [2.75, 3.05) is 11.4 Å². The fourth-order valence-corrected chi connectivity index (χ4v) is 3.00. The van der Waals surface area contributed by atoms with Crippen LogP contribution >= 0.6 is 0 Å². The fourth-order valence-electron chi connectivity index (χ4n) is 3.00. The Morgan fingerprint density at radius 1 is 1.24 bits per heavy atom. The minimum absolute atomic E-state index is 0.131. The molecule has 106 valence electrons. The van der Waals surface area contributed by atoms with Crippen molar-refractivity contribution in [3.63, 3.8) is 0 Å². The first-order chi connectivity index (χ1) is 10.2. The van der Waals surface area contributed by atoms with Gasteiger partial charge in [0.1, 0.15) is 23.1 Å². The van der Waals surface area contributed by atoms with Gasteiger partial charge in [0.25, 0.3) is 0 Å². The van der Waals surface area contributed by atoms with Gasteiger partial charge in [-0.15, -0.1) is 0 Å². The standard InChI is InChI=1S/C16H15FN4/c1-10-19-15-12(5-7-18-15)16(20-10)21-8-6-11-3-2-4-14(17)13(11)9-21/h2-5,7H,6,8-9H2,1H3,(H,18,19,20). The van der Waals surface area contributed by atoms with Gasteiger partial charge in [-0.25, -0.2) is 14.4 Å². The Kier molecular flexibility index (Phi) is 2.67. The first kappa shape index (κ1) is 12.3. The third-order valence-corrected chi connectivity index (χ3v) is 4.02. The van der Waals surface area contributed by atoms with Crippen molar-refractivity contribution in [1.29, 1.82) is 0 Å². The van der Waals surface area contributed by atoms with Gasteiger partial charge in [0.05, 0.1) is 5.39 Å². The number of fused-ring (bicyclic) bond motifs is 2. The monoisotopic (exact) mass is 282 g/mol. The quantitative estimate of drug-likeness (QED) is 0.746. The molecule has 0 atom stereocenters. The van der Waals surface area contributed by atoms with Crippen LogP contribution in [0.15, 0.2) is 30.5 Å². The molecule has 0 radical (unpaired) electrons. The Balaban J connectivity index is 1.81. The number of aromatic amines is 1. The van der Waals surface area contributed by atoms with Gasteiger partial charge in [-0.05, 0) is 31.0 Å². The van der Waals surface area contributed by atoms with Gasteiger partial charge < -0.3 is 9.88 Å². The maximum atomic E-state index is 14.0.